The van der Waals surface area contributed by atoms with Crippen LogP contribution in [0.3, 0.4) is 0 Å². The Balaban J connectivity index is 1.52. The highest BCUT2D eigenvalue weighted by molar-refractivity contribution is 7.22. The molecule has 10 heteroatoms. The van der Waals surface area contributed by atoms with Crippen molar-refractivity contribution < 1.29 is 33.6 Å². The van der Waals surface area contributed by atoms with E-state index in [2.05, 4.69) is 0 Å². The summed E-state index contributed by atoms with van der Waals surface area (Å²) in [5.74, 6) is 0.647. The zero-order valence-electron chi connectivity index (χ0n) is 25.1. The minimum atomic E-state index is -0.968. The second kappa shape index (κ2) is 12.2. The number of nitrogens with zero attached hydrogens (tertiary/aromatic N) is 2. The number of amides is 1. The molecule has 2 aliphatic rings. The van der Waals surface area contributed by atoms with Gasteiger partial charge in [-0.1, -0.05) is 24.3 Å². The van der Waals surface area contributed by atoms with Gasteiger partial charge in [0.15, 0.2) is 16.6 Å². The van der Waals surface area contributed by atoms with Crippen molar-refractivity contribution in [1.82, 2.24) is 4.98 Å². The molecule has 0 aliphatic carbocycles. The molecule has 1 amide bonds. The summed E-state index contributed by atoms with van der Waals surface area (Å²) in [7, 11) is 0. The van der Waals surface area contributed by atoms with Gasteiger partial charge in [-0.05, 0) is 86.8 Å². The van der Waals surface area contributed by atoms with Crippen LogP contribution in [0, 0.1) is 0 Å². The van der Waals surface area contributed by atoms with Crippen molar-refractivity contribution in [3.05, 3.63) is 76.9 Å². The molecule has 0 bridgehead atoms. The molecule has 1 N–H and O–H groups in total. The summed E-state index contributed by atoms with van der Waals surface area (Å²) in [6.07, 6.45) is 1.52. The molecule has 4 aromatic rings. The molecule has 0 saturated carbocycles. The van der Waals surface area contributed by atoms with E-state index in [9.17, 15) is 14.7 Å². The zero-order chi connectivity index (χ0) is 31.0. The van der Waals surface area contributed by atoms with Crippen LogP contribution >= 0.6 is 11.3 Å². The summed E-state index contributed by atoms with van der Waals surface area (Å²) >= 11 is 1.28. The van der Waals surface area contributed by atoms with Crippen LogP contribution in [0.15, 0.2) is 60.2 Å². The van der Waals surface area contributed by atoms with Crippen LogP contribution in [-0.4, -0.2) is 47.7 Å². The lowest BCUT2D eigenvalue weighted by Gasteiger charge is -2.24. The smallest absolute Gasteiger partial charge is 0.301 e. The van der Waals surface area contributed by atoms with Gasteiger partial charge >= 0.3 is 5.91 Å². The van der Waals surface area contributed by atoms with Crippen LogP contribution in [0.2, 0.25) is 0 Å². The molecule has 228 valence electrons. The maximum absolute atomic E-state index is 13.8. The fraction of sp³-hybridized carbons (Fsp3) is 0.324. The first-order valence-electron chi connectivity index (χ1n) is 14.9. The maximum Gasteiger partial charge on any atom is 0.301 e. The largest absolute Gasteiger partial charge is 0.507 e. The number of carbonyl (C=O) groups excluding carboxylic acids is 2. The molecule has 1 saturated heterocycles. The Kier molecular flexibility index (Phi) is 8.18. The molecule has 2 atom stereocenters. The molecule has 44 heavy (non-hydrogen) atoms. The van der Waals surface area contributed by atoms with Crippen LogP contribution in [0.1, 0.15) is 56.8 Å². The van der Waals surface area contributed by atoms with E-state index in [0.717, 1.165) is 22.4 Å². The van der Waals surface area contributed by atoms with E-state index >= 15 is 0 Å². The van der Waals surface area contributed by atoms with Gasteiger partial charge in [-0.3, -0.25) is 14.5 Å². The Morgan fingerprint density at radius 1 is 1.00 bits per heavy atom. The van der Waals surface area contributed by atoms with Crippen LogP contribution < -0.4 is 23.8 Å². The molecule has 1 aromatic heterocycles. The number of ketones is 1. The number of carbonyl (C=O) groups is 2. The molecule has 6 rings (SSSR count). The second-order valence-corrected chi connectivity index (χ2v) is 11.7. The Bertz CT molecular complexity index is 1780. The van der Waals surface area contributed by atoms with Crippen molar-refractivity contribution in [3.63, 3.8) is 0 Å². The summed E-state index contributed by atoms with van der Waals surface area (Å²) in [5.41, 5.74) is 2.58. The molecule has 0 radical (unpaired) electrons. The Morgan fingerprint density at radius 2 is 1.82 bits per heavy atom. The molecule has 1 fully saturated rings. The number of aliphatic hydroxyl groups excluding tert-OH is 1. The van der Waals surface area contributed by atoms with Crippen molar-refractivity contribution in [2.45, 2.75) is 52.7 Å². The van der Waals surface area contributed by atoms with Gasteiger partial charge in [0.1, 0.15) is 23.4 Å². The number of Topliss-reactive ketones (excluding diaryl/α,β-unsaturated/α-hetero) is 1. The Labute approximate surface area is 259 Å². The molecule has 9 nitrogen and oxygen atoms in total. The summed E-state index contributed by atoms with van der Waals surface area (Å²) in [6.45, 7) is 9.19. The van der Waals surface area contributed by atoms with Gasteiger partial charge in [-0.15, -0.1) is 0 Å². The number of hydrogen-bond donors (Lipinski definition) is 1. The first-order valence-corrected chi connectivity index (χ1v) is 15.7. The third-order valence-corrected chi connectivity index (χ3v) is 8.54. The van der Waals surface area contributed by atoms with Crippen molar-refractivity contribution in [1.29, 1.82) is 0 Å². The van der Waals surface area contributed by atoms with E-state index in [1.165, 1.54) is 16.2 Å². The van der Waals surface area contributed by atoms with Crippen molar-refractivity contribution in [2.75, 3.05) is 24.7 Å². The highest BCUT2D eigenvalue weighted by Crippen LogP contribution is 2.46. The average molecular weight is 615 g/mol. The summed E-state index contributed by atoms with van der Waals surface area (Å²) in [5, 5.41) is 12.1. The van der Waals surface area contributed by atoms with Gasteiger partial charge in [-0.2, -0.15) is 0 Å². The Morgan fingerprint density at radius 3 is 2.59 bits per heavy atom. The predicted octanol–water partition coefficient (Wildman–Crippen LogP) is 6.83. The van der Waals surface area contributed by atoms with Gasteiger partial charge in [0.2, 0.25) is 0 Å². The monoisotopic (exact) mass is 614 g/mol. The maximum atomic E-state index is 13.8. The van der Waals surface area contributed by atoms with E-state index in [-0.39, 0.29) is 17.4 Å². The van der Waals surface area contributed by atoms with Crippen molar-refractivity contribution in [3.8, 4) is 23.0 Å². The van der Waals surface area contributed by atoms with E-state index in [0.29, 0.717) is 65.3 Å². The van der Waals surface area contributed by atoms with Gasteiger partial charge in [0, 0.05) is 12.0 Å². The highest BCUT2D eigenvalue weighted by Gasteiger charge is 2.48. The molecular formula is C34H34N2O7S. The van der Waals surface area contributed by atoms with Gasteiger partial charge < -0.3 is 24.1 Å². The number of hydrogen-bond acceptors (Lipinski definition) is 9. The molecule has 2 aliphatic heterocycles. The average Bonchev–Trinajstić information content (AvgIpc) is 3.68. The number of ether oxygens (including phenoxy) is 4. The predicted molar refractivity (Wildman–Crippen MR) is 169 cm³/mol. The van der Waals surface area contributed by atoms with E-state index < -0.39 is 17.7 Å². The molecule has 0 unspecified atom stereocenters. The molecule has 0 spiro atoms. The first-order chi connectivity index (χ1) is 21.3. The Hall–Kier alpha value is -4.57. The summed E-state index contributed by atoms with van der Waals surface area (Å²) in [6, 6.07) is 15.2. The van der Waals surface area contributed by atoms with Crippen LogP contribution in [0.4, 0.5) is 5.13 Å². The van der Waals surface area contributed by atoms with Gasteiger partial charge in [0.25, 0.3) is 5.78 Å². The topological polar surface area (TPSA) is 107 Å². The molecular weight excluding hydrogens is 580 g/mol. The highest BCUT2D eigenvalue weighted by atomic mass is 32.1. The third-order valence-electron chi connectivity index (χ3n) is 7.52. The number of benzene rings is 3. The quantitative estimate of drug-likeness (QED) is 0.118. The molecule has 3 heterocycles. The minimum Gasteiger partial charge on any atom is -0.507 e. The van der Waals surface area contributed by atoms with Crippen molar-refractivity contribution >= 4 is 44.1 Å². The van der Waals surface area contributed by atoms with Crippen LogP contribution in [-0.2, 0) is 16.0 Å². The summed E-state index contributed by atoms with van der Waals surface area (Å²) in [4.78, 5) is 33.7. The molecule has 3 aromatic carbocycles. The minimum absolute atomic E-state index is 0.0145. The number of thiazole rings is 1. The lowest BCUT2D eigenvalue weighted by Crippen LogP contribution is -2.29. The van der Waals surface area contributed by atoms with Gasteiger partial charge in [-0.25, -0.2) is 4.98 Å². The van der Waals surface area contributed by atoms with Crippen LogP contribution in [0.5, 0.6) is 23.0 Å². The standard InChI is InChI=1S/C34H34N2O7S/c1-5-14-42-26-13-8-20(17-27(26)41-7-3)30-29(31(37)21-9-12-25-22(16-21)15-19(4)43-25)32(38)33(39)36(30)34-35-24-11-10-23(40-6-2)18-28(24)44-34/h8-13,16-19,30,37H,5-7,14-15H2,1-4H3/t19-,30+/m1/s1. The normalized spacial score (nSPS) is 18.9. The van der Waals surface area contributed by atoms with E-state index in [1.54, 1.807) is 30.3 Å². The second-order valence-electron chi connectivity index (χ2n) is 10.7. The summed E-state index contributed by atoms with van der Waals surface area (Å²) < 4.78 is 24.1. The lowest BCUT2D eigenvalue weighted by molar-refractivity contribution is -0.132. The fourth-order valence-corrected chi connectivity index (χ4v) is 6.64. The number of anilines is 1. The number of rotatable bonds is 10. The van der Waals surface area contributed by atoms with Gasteiger partial charge in [0.05, 0.1) is 41.7 Å². The van der Waals surface area contributed by atoms with Crippen LogP contribution in [0.25, 0.3) is 16.0 Å². The van der Waals surface area contributed by atoms with E-state index in [4.69, 9.17) is 23.9 Å². The SMILES string of the molecule is CCCOc1ccc([C@H]2C(=C(O)c3ccc4c(c3)C[C@@H](C)O4)C(=O)C(=O)N2c2nc3ccc(OCC)cc3s2)cc1OCC. The third kappa shape index (κ3) is 5.34. The first kappa shape index (κ1) is 29.5. The zero-order valence-corrected chi connectivity index (χ0v) is 25.9. The number of aliphatic hydroxyl groups is 1. The fourth-order valence-electron chi connectivity index (χ4n) is 5.62. The lowest BCUT2D eigenvalue weighted by atomic mass is 9.94. The number of aromatic nitrogens is 1. The van der Waals surface area contributed by atoms with Crippen molar-refractivity contribution in [2.24, 2.45) is 0 Å². The van der Waals surface area contributed by atoms with E-state index in [1.807, 2.05) is 52.0 Å². The number of fused-ring (bicyclic) bond motifs is 2.